The van der Waals surface area contributed by atoms with Gasteiger partial charge >= 0.3 is 0 Å². The summed E-state index contributed by atoms with van der Waals surface area (Å²) in [5.41, 5.74) is 4.77. The highest BCUT2D eigenvalue weighted by Crippen LogP contribution is 2.32. The number of hydrogen-bond donors (Lipinski definition) is 1. The first-order valence-corrected chi connectivity index (χ1v) is 6.08. The van der Waals surface area contributed by atoms with Gasteiger partial charge in [-0.1, -0.05) is 30.3 Å². The lowest BCUT2D eigenvalue weighted by Gasteiger charge is -2.14. The Kier molecular flexibility index (Phi) is 2.62. The minimum atomic E-state index is -0.619. The molecule has 0 saturated heterocycles. The lowest BCUT2D eigenvalue weighted by Crippen LogP contribution is -2.02. The summed E-state index contributed by atoms with van der Waals surface area (Å²) in [6, 6.07) is 15.7. The van der Waals surface area contributed by atoms with Crippen molar-refractivity contribution in [1.82, 2.24) is 0 Å². The van der Waals surface area contributed by atoms with Gasteiger partial charge in [-0.05, 0) is 47.2 Å². The van der Waals surface area contributed by atoms with Crippen LogP contribution in [0.4, 0.5) is 0 Å². The van der Waals surface area contributed by atoms with E-state index in [2.05, 4.69) is 12.1 Å². The number of hydrogen-bond acceptors (Lipinski definition) is 2. The lowest BCUT2D eigenvalue weighted by molar-refractivity contribution is 0.219. The first-order chi connectivity index (χ1) is 8.79. The van der Waals surface area contributed by atoms with E-state index in [1.165, 1.54) is 5.56 Å². The molecule has 1 N–H and O–H groups in total. The molecule has 2 nitrogen and oxygen atoms in total. The Bertz CT molecular complexity index is 640. The third-order valence-corrected chi connectivity index (χ3v) is 3.58. The maximum absolute atomic E-state index is 10.5. The molecule has 3 rings (SSSR count). The van der Waals surface area contributed by atoms with Crippen LogP contribution in [0.15, 0.2) is 42.5 Å². The average Bonchev–Trinajstić information content (AvgIpc) is 2.57. The molecule has 1 unspecified atom stereocenters. The van der Waals surface area contributed by atoms with E-state index < -0.39 is 6.10 Å². The Morgan fingerprint density at radius 2 is 1.72 bits per heavy atom. The van der Waals surface area contributed by atoms with Gasteiger partial charge in [0.1, 0.15) is 6.10 Å². The summed E-state index contributed by atoms with van der Waals surface area (Å²) in [6.45, 7) is 0. The monoisotopic (exact) mass is 235 g/mol. The zero-order chi connectivity index (χ0) is 12.5. The Hall–Kier alpha value is -2.11. The number of aryl methyl sites for hydroxylation is 2. The van der Waals surface area contributed by atoms with Crippen molar-refractivity contribution in [2.75, 3.05) is 0 Å². The van der Waals surface area contributed by atoms with Crippen LogP contribution in [0.25, 0.3) is 0 Å². The molecule has 0 heterocycles. The van der Waals surface area contributed by atoms with E-state index in [9.17, 15) is 5.11 Å². The van der Waals surface area contributed by atoms with E-state index in [1.54, 1.807) is 0 Å². The number of aliphatic hydroxyl groups excluding tert-OH is 1. The molecule has 2 heteroatoms. The standard InChI is InChI=1S/C16H13NO/c17-10-11-5-6-13-8-7-12-3-1-2-4-14(12)16(18)15(13)9-11/h1-6,9,16,18H,7-8H2. The van der Waals surface area contributed by atoms with Crippen LogP contribution < -0.4 is 0 Å². The van der Waals surface area contributed by atoms with Gasteiger partial charge in [-0.25, -0.2) is 0 Å². The van der Waals surface area contributed by atoms with Crippen molar-refractivity contribution >= 4 is 0 Å². The highest BCUT2D eigenvalue weighted by molar-refractivity contribution is 5.46. The van der Waals surface area contributed by atoms with Crippen LogP contribution in [-0.4, -0.2) is 5.11 Å². The molecule has 0 aromatic heterocycles. The topological polar surface area (TPSA) is 44.0 Å². The van der Waals surface area contributed by atoms with Gasteiger partial charge < -0.3 is 5.11 Å². The molecule has 18 heavy (non-hydrogen) atoms. The maximum Gasteiger partial charge on any atom is 0.105 e. The van der Waals surface area contributed by atoms with Crippen molar-refractivity contribution in [1.29, 1.82) is 5.26 Å². The van der Waals surface area contributed by atoms with Crippen LogP contribution in [0.3, 0.4) is 0 Å². The largest absolute Gasteiger partial charge is 0.384 e. The Balaban J connectivity index is 2.18. The highest BCUT2D eigenvalue weighted by Gasteiger charge is 2.21. The molecule has 1 aliphatic carbocycles. The third kappa shape index (κ3) is 1.70. The summed E-state index contributed by atoms with van der Waals surface area (Å²) in [5, 5.41) is 19.5. The number of nitrogens with zero attached hydrogens (tertiary/aromatic N) is 1. The summed E-state index contributed by atoms with van der Waals surface area (Å²) in [5.74, 6) is 0. The number of fused-ring (bicyclic) bond motifs is 2. The maximum atomic E-state index is 10.5. The molecule has 88 valence electrons. The second kappa shape index (κ2) is 4.29. The Morgan fingerprint density at radius 1 is 1.00 bits per heavy atom. The second-order valence-corrected chi connectivity index (χ2v) is 4.63. The molecule has 0 amide bonds. The molecule has 2 aromatic carbocycles. The fourth-order valence-electron chi connectivity index (χ4n) is 2.61. The van der Waals surface area contributed by atoms with Crippen LogP contribution in [-0.2, 0) is 12.8 Å². The molecule has 0 radical (unpaired) electrons. The summed E-state index contributed by atoms with van der Waals surface area (Å²) in [6.07, 6.45) is 1.23. The van der Waals surface area contributed by atoms with E-state index in [0.717, 1.165) is 29.5 Å². The molecule has 0 spiro atoms. The van der Waals surface area contributed by atoms with Crippen LogP contribution in [0.2, 0.25) is 0 Å². The van der Waals surface area contributed by atoms with E-state index >= 15 is 0 Å². The lowest BCUT2D eigenvalue weighted by atomic mass is 9.96. The number of rotatable bonds is 0. The van der Waals surface area contributed by atoms with Gasteiger partial charge in [0.15, 0.2) is 0 Å². The quantitative estimate of drug-likeness (QED) is 0.763. The van der Waals surface area contributed by atoms with Gasteiger partial charge in [0.2, 0.25) is 0 Å². The van der Waals surface area contributed by atoms with E-state index in [4.69, 9.17) is 5.26 Å². The van der Waals surface area contributed by atoms with Crippen molar-refractivity contribution in [3.05, 3.63) is 70.3 Å². The van der Waals surface area contributed by atoms with Gasteiger partial charge in [0.05, 0.1) is 11.6 Å². The zero-order valence-electron chi connectivity index (χ0n) is 9.93. The summed E-state index contributed by atoms with van der Waals surface area (Å²) < 4.78 is 0. The molecule has 0 aliphatic heterocycles. The number of nitriles is 1. The van der Waals surface area contributed by atoms with Crippen LogP contribution >= 0.6 is 0 Å². The molecular formula is C16H13NO. The van der Waals surface area contributed by atoms with Gasteiger partial charge in [-0.15, -0.1) is 0 Å². The minimum absolute atomic E-state index is 0.604. The van der Waals surface area contributed by atoms with E-state index in [-0.39, 0.29) is 0 Å². The predicted octanol–water partition coefficient (Wildman–Crippen LogP) is 2.74. The van der Waals surface area contributed by atoms with Crippen LogP contribution in [0.5, 0.6) is 0 Å². The van der Waals surface area contributed by atoms with Gasteiger partial charge in [-0.2, -0.15) is 5.26 Å². The van der Waals surface area contributed by atoms with Crippen molar-refractivity contribution in [2.24, 2.45) is 0 Å². The molecule has 2 aromatic rings. The SMILES string of the molecule is N#Cc1ccc2c(c1)C(O)c1ccccc1CC2. The van der Waals surface area contributed by atoms with Gasteiger partial charge in [0, 0.05) is 0 Å². The summed E-state index contributed by atoms with van der Waals surface area (Å²) in [7, 11) is 0. The summed E-state index contributed by atoms with van der Waals surface area (Å²) in [4.78, 5) is 0. The predicted molar refractivity (Wildman–Crippen MR) is 69.1 cm³/mol. The fraction of sp³-hybridized carbons (Fsp3) is 0.188. The smallest absolute Gasteiger partial charge is 0.105 e. The first kappa shape index (κ1) is 11.0. The normalized spacial score (nSPS) is 17.2. The number of benzene rings is 2. The van der Waals surface area contributed by atoms with E-state index in [0.29, 0.717) is 5.56 Å². The van der Waals surface area contributed by atoms with Crippen LogP contribution in [0.1, 0.15) is 33.9 Å². The Morgan fingerprint density at radius 3 is 2.50 bits per heavy atom. The molecule has 1 aliphatic rings. The van der Waals surface area contributed by atoms with Crippen molar-refractivity contribution < 1.29 is 5.11 Å². The average molecular weight is 235 g/mol. The molecule has 1 atom stereocenters. The van der Waals surface area contributed by atoms with Crippen molar-refractivity contribution in [3.8, 4) is 6.07 Å². The molecular weight excluding hydrogens is 222 g/mol. The number of aliphatic hydroxyl groups is 1. The summed E-state index contributed by atoms with van der Waals surface area (Å²) >= 11 is 0. The van der Waals surface area contributed by atoms with Crippen LogP contribution in [0, 0.1) is 11.3 Å². The zero-order valence-corrected chi connectivity index (χ0v) is 9.93. The molecule has 0 fully saturated rings. The third-order valence-electron chi connectivity index (χ3n) is 3.58. The first-order valence-electron chi connectivity index (χ1n) is 6.08. The fourth-order valence-corrected chi connectivity index (χ4v) is 2.61. The van der Waals surface area contributed by atoms with Gasteiger partial charge in [0.25, 0.3) is 0 Å². The van der Waals surface area contributed by atoms with E-state index in [1.807, 2.05) is 36.4 Å². The molecule has 0 saturated carbocycles. The van der Waals surface area contributed by atoms with Crippen molar-refractivity contribution in [3.63, 3.8) is 0 Å². The highest BCUT2D eigenvalue weighted by atomic mass is 16.3. The molecule has 0 bridgehead atoms. The van der Waals surface area contributed by atoms with Gasteiger partial charge in [-0.3, -0.25) is 0 Å². The minimum Gasteiger partial charge on any atom is -0.384 e. The Labute approximate surface area is 106 Å². The van der Waals surface area contributed by atoms with Crippen molar-refractivity contribution in [2.45, 2.75) is 18.9 Å². The second-order valence-electron chi connectivity index (χ2n) is 4.63.